The Morgan fingerprint density at radius 1 is 1.11 bits per heavy atom. The Kier molecular flexibility index (Phi) is 8.93. The van der Waals surface area contributed by atoms with Gasteiger partial charge < -0.3 is 14.1 Å². The molecule has 2 aromatic heterocycles. The molecule has 200 valence electrons. The van der Waals surface area contributed by atoms with Crippen LogP contribution in [0.25, 0.3) is 33.7 Å². The zero-order valence-electron chi connectivity index (χ0n) is 22.0. The van der Waals surface area contributed by atoms with Gasteiger partial charge in [-0.3, -0.25) is 4.79 Å². The molecule has 0 spiro atoms. The standard InChI is InChI=1S/C28H32BrN5O4/c1-5-7-8-23(35)34(25(17(3)4)28(36)37-6-2)16-18-9-14-22-21(15-18)24(29)26(38-22)19-10-12-20(13-11-19)27-30-32-33-31-27/h9-15,17,25H,5-8,16H2,1-4H3,(H,30,31,32,33). The molecule has 2 heterocycles. The summed E-state index contributed by atoms with van der Waals surface area (Å²) in [5.41, 5.74) is 3.34. The number of H-pyrrole nitrogens is 1. The van der Waals surface area contributed by atoms with Crippen molar-refractivity contribution in [1.82, 2.24) is 25.5 Å². The van der Waals surface area contributed by atoms with Crippen molar-refractivity contribution in [3.05, 3.63) is 52.5 Å². The van der Waals surface area contributed by atoms with E-state index in [1.807, 2.05) is 63.2 Å². The van der Waals surface area contributed by atoms with Crippen LogP contribution in [0, 0.1) is 5.92 Å². The number of hydrogen-bond donors (Lipinski definition) is 1. The van der Waals surface area contributed by atoms with E-state index in [0.29, 0.717) is 30.1 Å². The molecule has 1 amide bonds. The number of esters is 1. The van der Waals surface area contributed by atoms with Gasteiger partial charge in [0.25, 0.3) is 0 Å². The molecule has 0 aliphatic carbocycles. The molecule has 4 rings (SSSR count). The largest absolute Gasteiger partial charge is 0.464 e. The molecule has 4 aromatic rings. The summed E-state index contributed by atoms with van der Waals surface area (Å²) >= 11 is 3.72. The third-order valence-corrected chi connectivity index (χ3v) is 7.14. The minimum Gasteiger partial charge on any atom is -0.464 e. The van der Waals surface area contributed by atoms with Gasteiger partial charge in [-0.15, -0.1) is 10.2 Å². The summed E-state index contributed by atoms with van der Waals surface area (Å²) in [5, 5.41) is 15.0. The summed E-state index contributed by atoms with van der Waals surface area (Å²) in [6.07, 6.45) is 2.06. The molecule has 38 heavy (non-hydrogen) atoms. The molecule has 1 N–H and O–H groups in total. The van der Waals surface area contributed by atoms with Gasteiger partial charge in [0.2, 0.25) is 11.7 Å². The zero-order valence-corrected chi connectivity index (χ0v) is 23.6. The van der Waals surface area contributed by atoms with Gasteiger partial charge in [0, 0.05) is 29.5 Å². The molecule has 0 bridgehead atoms. The van der Waals surface area contributed by atoms with Crippen molar-refractivity contribution in [3.8, 4) is 22.7 Å². The third kappa shape index (κ3) is 5.96. The van der Waals surface area contributed by atoms with Gasteiger partial charge >= 0.3 is 5.97 Å². The van der Waals surface area contributed by atoms with Crippen LogP contribution in [-0.2, 0) is 20.9 Å². The SMILES string of the molecule is CCCCC(=O)N(Cc1ccc2oc(-c3ccc(-c4nn[nH]n4)cc3)c(Br)c2c1)C(C(=O)OCC)C(C)C. The van der Waals surface area contributed by atoms with Gasteiger partial charge in [-0.05, 0) is 58.1 Å². The summed E-state index contributed by atoms with van der Waals surface area (Å²) in [6, 6.07) is 12.9. The maximum Gasteiger partial charge on any atom is 0.329 e. The van der Waals surface area contributed by atoms with Crippen molar-refractivity contribution in [3.63, 3.8) is 0 Å². The van der Waals surface area contributed by atoms with E-state index in [2.05, 4.69) is 36.6 Å². The van der Waals surface area contributed by atoms with E-state index in [4.69, 9.17) is 9.15 Å². The number of benzene rings is 2. The van der Waals surface area contributed by atoms with Crippen molar-refractivity contribution in [2.45, 2.75) is 59.5 Å². The van der Waals surface area contributed by atoms with Crippen LogP contribution in [0.15, 0.2) is 51.4 Å². The molecule has 1 atom stereocenters. The van der Waals surface area contributed by atoms with Crippen molar-refractivity contribution >= 4 is 38.8 Å². The lowest BCUT2D eigenvalue weighted by Gasteiger charge is -2.33. The van der Waals surface area contributed by atoms with Crippen LogP contribution in [0.1, 0.15) is 52.5 Å². The maximum atomic E-state index is 13.3. The van der Waals surface area contributed by atoms with Crippen molar-refractivity contribution in [2.75, 3.05) is 6.61 Å². The fourth-order valence-corrected chi connectivity index (χ4v) is 5.07. The van der Waals surface area contributed by atoms with Crippen molar-refractivity contribution < 1.29 is 18.7 Å². The van der Waals surface area contributed by atoms with Gasteiger partial charge in [-0.25, -0.2) is 4.79 Å². The smallest absolute Gasteiger partial charge is 0.329 e. The van der Waals surface area contributed by atoms with E-state index in [1.165, 1.54) is 0 Å². The number of aromatic amines is 1. The second-order valence-electron chi connectivity index (χ2n) is 9.45. The number of nitrogens with zero attached hydrogens (tertiary/aromatic N) is 4. The van der Waals surface area contributed by atoms with Gasteiger partial charge in [0.15, 0.2) is 0 Å². The topological polar surface area (TPSA) is 114 Å². The normalized spacial score (nSPS) is 12.2. The second kappa shape index (κ2) is 12.3. The number of fused-ring (bicyclic) bond motifs is 1. The number of halogens is 1. The number of tetrazole rings is 1. The highest BCUT2D eigenvalue weighted by atomic mass is 79.9. The van der Waals surface area contributed by atoms with E-state index in [0.717, 1.165) is 39.4 Å². The average Bonchev–Trinajstić information content (AvgIpc) is 3.56. The quantitative estimate of drug-likeness (QED) is 0.211. The number of nitrogens with one attached hydrogen (secondary N) is 1. The number of carbonyl (C=O) groups excluding carboxylic acids is 2. The first kappa shape index (κ1) is 27.5. The molecule has 1 unspecified atom stereocenters. The van der Waals surface area contributed by atoms with E-state index >= 15 is 0 Å². The predicted octanol–water partition coefficient (Wildman–Crippen LogP) is 6.15. The highest BCUT2D eigenvalue weighted by Gasteiger charge is 2.33. The first-order valence-corrected chi connectivity index (χ1v) is 13.6. The molecule has 0 aliphatic rings. The van der Waals surface area contributed by atoms with Gasteiger partial charge in [-0.2, -0.15) is 5.21 Å². The lowest BCUT2D eigenvalue weighted by atomic mass is 10.00. The van der Waals surface area contributed by atoms with Gasteiger partial charge in [0.05, 0.1) is 11.1 Å². The summed E-state index contributed by atoms with van der Waals surface area (Å²) in [6.45, 7) is 8.27. The fourth-order valence-electron chi connectivity index (χ4n) is 4.45. The number of hydrogen-bond acceptors (Lipinski definition) is 7. The average molecular weight is 582 g/mol. The minimum absolute atomic E-state index is 0.0488. The lowest BCUT2D eigenvalue weighted by molar-refractivity contribution is -0.157. The summed E-state index contributed by atoms with van der Waals surface area (Å²) in [4.78, 5) is 27.8. The van der Waals surface area contributed by atoms with Crippen LogP contribution in [-0.4, -0.2) is 50.0 Å². The molecule has 0 saturated heterocycles. The fraction of sp³-hybridized carbons (Fsp3) is 0.393. The van der Waals surface area contributed by atoms with Crippen LogP contribution in [0.5, 0.6) is 0 Å². The Morgan fingerprint density at radius 2 is 1.84 bits per heavy atom. The maximum absolute atomic E-state index is 13.3. The van der Waals surface area contributed by atoms with Crippen molar-refractivity contribution in [2.24, 2.45) is 5.92 Å². The number of furan rings is 1. The first-order chi connectivity index (χ1) is 18.3. The van der Waals surface area contributed by atoms with Crippen LogP contribution in [0.3, 0.4) is 0 Å². The van der Waals surface area contributed by atoms with Gasteiger partial charge in [0.1, 0.15) is 17.4 Å². The number of unbranched alkanes of at least 4 members (excludes halogenated alkanes) is 1. The summed E-state index contributed by atoms with van der Waals surface area (Å²) in [5.74, 6) is 0.701. The highest BCUT2D eigenvalue weighted by Crippen LogP contribution is 2.38. The molecule has 2 aromatic carbocycles. The zero-order chi connectivity index (χ0) is 27.2. The van der Waals surface area contributed by atoms with Crippen LogP contribution in [0.2, 0.25) is 0 Å². The van der Waals surface area contributed by atoms with E-state index in [1.54, 1.807) is 11.8 Å². The van der Waals surface area contributed by atoms with Crippen LogP contribution >= 0.6 is 15.9 Å². The number of ether oxygens (including phenoxy) is 1. The Balaban J connectivity index is 1.65. The summed E-state index contributed by atoms with van der Waals surface area (Å²) in [7, 11) is 0. The molecular formula is C28H32BrN5O4. The van der Waals surface area contributed by atoms with Crippen LogP contribution in [0.4, 0.5) is 0 Å². The van der Waals surface area contributed by atoms with E-state index < -0.39 is 6.04 Å². The molecule has 0 fully saturated rings. The third-order valence-electron chi connectivity index (χ3n) is 6.36. The molecule has 0 saturated carbocycles. The van der Waals surface area contributed by atoms with Gasteiger partial charge in [-0.1, -0.05) is 57.5 Å². The number of carbonyl (C=O) groups is 2. The molecule has 10 heteroatoms. The number of rotatable bonds is 11. The van der Waals surface area contributed by atoms with Crippen LogP contribution < -0.4 is 0 Å². The molecule has 0 aliphatic heterocycles. The molecule has 0 radical (unpaired) electrons. The van der Waals surface area contributed by atoms with Crippen molar-refractivity contribution in [1.29, 1.82) is 0 Å². The number of aromatic nitrogens is 4. The highest BCUT2D eigenvalue weighted by molar-refractivity contribution is 9.10. The van der Waals surface area contributed by atoms with E-state index in [9.17, 15) is 9.59 Å². The monoisotopic (exact) mass is 581 g/mol. The van der Waals surface area contributed by atoms with E-state index in [-0.39, 0.29) is 24.4 Å². The Morgan fingerprint density at radius 3 is 2.47 bits per heavy atom. The molecular weight excluding hydrogens is 550 g/mol. The summed E-state index contributed by atoms with van der Waals surface area (Å²) < 4.78 is 12.3. The molecule has 9 nitrogen and oxygen atoms in total. The Hall–Kier alpha value is -3.53. The Bertz CT molecular complexity index is 1380. The Labute approximate surface area is 230 Å². The number of amides is 1. The first-order valence-electron chi connectivity index (χ1n) is 12.8. The minimum atomic E-state index is -0.656. The second-order valence-corrected chi connectivity index (χ2v) is 10.2. The lowest BCUT2D eigenvalue weighted by Crippen LogP contribution is -2.48. The predicted molar refractivity (Wildman–Crippen MR) is 148 cm³/mol.